The molecule has 0 atom stereocenters. The molecule has 5 heteroatoms. The maximum absolute atomic E-state index is 11.4. The Morgan fingerprint density at radius 1 is 1.56 bits per heavy atom. The van der Waals surface area contributed by atoms with Crippen molar-refractivity contribution in [2.75, 3.05) is 0 Å². The third kappa shape index (κ3) is 4.78. The Morgan fingerprint density at radius 2 is 2.25 bits per heavy atom. The molecule has 0 saturated heterocycles. The predicted molar refractivity (Wildman–Crippen MR) is 70.0 cm³/mol. The second-order valence-electron chi connectivity index (χ2n) is 4.31. The maximum Gasteiger partial charge on any atom is 0.407 e. The molecule has 0 aromatic carbocycles. The lowest BCUT2D eigenvalue weighted by molar-refractivity contribution is 0.0523. The van der Waals surface area contributed by atoms with Gasteiger partial charge in [0.25, 0.3) is 0 Å². The fourth-order valence-corrected chi connectivity index (χ4v) is 1.56. The minimum atomic E-state index is -0.466. The van der Waals surface area contributed by atoms with E-state index in [1.807, 2.05) is 32.9 Å². The van der Waals surface area contributed by atoms with Crippen molar-refractivity contribution in [3.63, 3.8) is 0 Å². The molecule has 1 rings (SSSR count). The van der Waals surface area contributed by atoms with E-state index in [-0.39, 0.29) is 0 Å². The van der Waals surface area contributed by atoms with Crippen LogP contribution >= 0.6 is 22.6 Å². The van der Waals surface area contributed by atoms with E-state index in [1.165, 1.54) is 0 Å². The number of halogens is 1. The van der Waals surface area contributed by atoms with Crippen LogP contribution in [0.2, 0.25) is 0 Å². The van der Waals surface area contributed by atoms with Crippen LogP contribution in [0.1, 0.15) is 26.3 Å². The highest BCUT2D eigenvalue weighted by Gasteiger charge is 2.15. The quantitative estimate of drug-likeness (QED) is 0.668. The van der Waals surface area contributed by atoms with Crippen molar-refractivity contribution in [1.29, 1.82) is 0 Å². The van der Waals surface area contributed by atoms with Crippen LogP contribution in [0.25, 0.3) is 0 Å². The van der Waals surface area contributed by atoms with E-state index in [0.717, 1.165) is 9.26 Å². The molecular weight excluding hydrogens is 319 g/mol. The summed E-state index contributed by atoms with van der Waals surface area (Å²) in [6.07, 6.45) is 1.31. The van der Waals surface area contributed by atoms with Crippen LogP contribution in [0.4, 0.5) is 4.79 Å². The number of hydrogen-bond donors (Lipinski definition) is 1. The van der Waals surface area contributed by atoms with Crippen molar-refractivity contribution < 1.29 is 9.53 Å². The second-order valence-corrected chi connectivity index (χ2v) is 5.33. The zero-order valence-electron chi connectivity index (χ0n) is 9.58. The maximum atomic E-state index is 11.4. The summed E-state index contributed by atoms with van der Waals surface area (Å²) < 4.78 is 6.01. The van der Waals surface area contributed by atoms with Gasteiger partial charge in [-0.2, -0.15) is 0 Å². The highest BCUT2D eigenvalue weighted by molar-refractivity contribution is 14.1. The second kappa shape index (κ2) is 5.47. The molecule has 1 heterocycles. The molecule has 1 aromatic rings. The standard InChI is InChI=1S/C11H15IN2O2/c1-11(2,3)16-10(15)14-7-8-5-4-6-13-9(8)12/h4-6H,7H2,1-3H3,(H,14,15). The van der Waals surface area contributed by atoms with Gasteiger partial charge in [0, 0.05) is 18.3 Å². The Hall–Kier alpha value is -0.850. The molecule has 0 saturated carbocycles. The van der Waals surface area contributed by atoms with E-state index in [1.54, 1.807) is 6.20 Å². The van der Waals surface area contributed by atoms with Gasteiger partial charge in [-0.3, -0.25) is 0 Å². The van der Waals surface area contributed by atoms with Gasteiger partial charge in [0.05, 0.1) is 0 Å². The molecule has 16 heavy (non-hydrogen) atoms. The number of ether oxygens (including phenoxy) is 1. The summed E-state index contributed by atoms with van der Waals surface area (Å²) in [5, 5.41) is 2.69. The molecular formula is C11H15IN2O2. The van der Waals surface area contributed by atoms with Crippen LogP contribution < -0.4 is 5.32 Å². The number of rotatable bonds is 2. The van der Waals surface area contributed by atoms with E-state index in [2.05, 4.69) is 32.9 Å². The van der Waals surface area contributed by atoms with Crippen LogP contribution in [0.5, 0.6) is 0 Å². The van der Waals surface area contributed by atoms with Crippen molar-refractivity contribution in [3.05, 3.63) is 27.6 Å². The van der Waals surface area contributed by atoms with Crippen molar-refractivity contribution >= 4 is 28.7 Å². The number of hydrogen-bond acceptors (Lipinski definition) is 3. The molecule has 0 aliphatic rings. The van der Waals surface area contributed by atoms with Crippen LogP contribution in [0, 0.1) is 3.70 Å². The van der Waals surface area contributed by atoms with Gasteiger partial charge in [-0.05, 0) is 49.4 Å². The number of carbonyl (C=O) groups is 1. The van der Waals surface area contributed by atoms with Crippen LogP contribution in [0.3, 0.4) is 0 Å². The summed E-state index contributed by atoms with van der Waals surface area (Å²) in [4.78, 5) is 15.5. The Balaban J connectivity index is 2.47. The number of nitrogens with zero attached hydrogens (tertiary/aromatic N) is 1. The number of amides is 1. The minimum Gasteiger partial charge on any atom is -0.444 e. The molecule has 0 fully saturated rings. The molecule has 0 spiro atoms. The SMILES string of the molecule is CC(C)(C)OC(=O)NCc1cccnc1I. The van der Waals surface area contributed by atoms with E-state index < -0.39 is 11.7 Å². The molecule has 4 nitrogen and oxygen atoms in total. The van der Waals surface area contributed by atoms with E-state index in [9.17, 15) is 4.79 Å². The van der Waals surface area contributed by atoms with E-state index >= 15 is 0 Å². The van der Waals surface area contributed by atoms with Crippen LogP contribution in [-0.4, -0.2) is 16.7 Å². The summed E-state index contributed by atoms with van der Waals surface area (Å²) in [5.41, 5.74) is 0.514. The molecule has 0 radical (unpaired) electrons. The molecule has 1 aromatic heterocycles. The fraction of sp³-hybridized carbons (Fsp3) is 0.455. The lowest BCUT2D eigenvalue weighted by atomic mass is 10.2. The van der Waals surface area contributed by atoms with Gasteiger partial charge in [0.2, 0.25) is 0 Å². The van der Waals surface area contributed by atoms with Crippen LogP contribution in [-0.2, 0) is 11.3 Å². The first-order valence-corrected chi connectivity index (χ1v) is 6.02. The molecule has 1 amide bonds. The van der Waals surface area contributed by atoms with Gasteiger partial charge in [-0.1, -0.05) is 6.07 Å². The number of aromatic nitrogens is 1. The summed E-state index contributed by atoms with van der Waals surface area (Å²) in [6.45, 7) is 5.93. The molecule has 0 bridgehead atoms. The first kappa shape index (κ1) is 13.2. The van der Waals surface area contributed by atoms with Crippen molar-refractivity contribution in [2.45, 2.75) is 32.9 Å². The summed E-state index contributed by atoms with van der Waals surface area (Å²) in [6, 6.07) is 3.76. The predicted octanol–water partition coefficient (Wildman–Crippen LogP) is 2.71. The average Bonchev–Trinajstić information content (AvgIpc) is 2.14. The molecule has 0 aliphatic heterocycles. The van der Waals surface area contributed by atoms with Gasteiger partial charge in [-0.25, -0.2) is 9.78 Å². The molecule has 0 aliphatic carbocycles. The van der Waals surface area contributed by atoms with Crippen molar-refractivity contribution in [1.82, 2.24) is 10.3 Å². The molecule has 0 unspecified atom stereocenters. The van der Waals surface area contributed by atoms with Crippen LogP contribution in [0.15, 0.2) is 18.3 Å². The average molecular weight is 334 g/mol. The Labute approximate surface area is 109 Å². The van der Waals surface area contributed by atoms with Crippen molar-refractivity contribution in [3.8, 4) is 0 Å². The number of pyridine rings is 1. The highest BCUT2D eigenvalue weighted by Crippen LogP contribution is 2.09. The highest BCUT2D eigenvalue weighted by atomic mass is 127. The number of alkyl carbamates (subject to hydrolysis) is 1. The first-order valence-electron chi connectivity index (χ1n) is 4.95. The Kier molecular flexibility index (Phi) is 4.52. The summed E-state index contributed by atoms with van der Waals surface area (Å²) >= 11 is 2.13. The number of carbonyl (C=O) groups excluding carboxylic acids is 1. The Morgan fingerprint density at radius 3 is 2.81 bits per heavy atom. The summed E-state index contributed by atoms with van der Waals surface area (Å²) in [7, 11) is 0. The van der Waals surface area contributed by atoms with Gasteiger partial charge >= 0.3 is 6.09 Å². The lowest BCUT2D eigenvalue weighted by Gasteiger charge is -2.19. The van der Waals surface area contributed by atoms with Gasteiger partial charge in [0.15, 0.2) is 0 Å². The fourth-order valence-electron chi connectivity index (χ4n) is 1.03. The molecule has 88 valence electrons. The largest absolute Gasteiger partial charge is 0.444 e. The van der Waals surface area contributed by atoms with E-state index in [0.29, 0.717) is 6.54 Å². The number of nitrogens with one attached hydrogen (secondary N) is 1. The normalized spacial score (nSPS) is 11.0. The van der Waals surface area contributed by atoms with Crippen molar-refractivity contribution in [2.24, 2.45) is 0 Å². The van der Waals surface area contributed by atoms with Gasteiger partial charge < -0.3 is 10.1 Å². The van der Waals surface area contributed by atoms with Gasteiger partial charge in [0.1, 0.15) is 9.30 Å². The smallest absolute Gasteiger partial charge is 0.407 e. The zero-order chi connectivity index (χ0) is 12.2. The monoisotopic (exact) mass is 334 g/mol. The molecule has 1 N–H and O–H groups in total. The third-order valence-corrected chi connectivity index (χ3v) is 2.63. The summed E-state index contributed by atoms with van der Waals surface area (Å²) in [5.74, 6) is 0. The lowest BCUT2D eigenvalue weighted by Crippen LogP contribution is -2.32. The first-order chi connectivity index (χ1) is 7.38. The third-order valence-electron chi connectivity index (χ3n) is 1.66. The minimum absolute atomic E-state index is 0.410. The topological polar surface area (TPSA) is 51.2 Å². The van der Waals surface area contributed by atoms with E-state index in [4.69, 9.17) is 4.74 Å². The van der Waals surface area contributed by atoms with Gasteiger partial charge in [-0.15, -0.1) is 0 Å². The zero-order valence-corrected chi connectivity index (χ0v) is 11.7. The Bertz CT molecular complexity index is 374.